The summed E-state index contributed by atoms with van der Waals surface area (Å²) in [6.07, 6.45) is 3.43. The number of halogens is 1. The van der Waals surface area contributed by atoms with E-state index in [1.165, 1.54) is 12.1 Å². The zero-order valence-corrected chi connectivity index (χ0v) is 15.8. The lowest BCUT2D eigenvalue weighted by Gasteiger charge is -2.29. The van der Waals surface area contributed by atoms with Gasteiger partial charge in [-0.15, -0.1) is 0 Å². The van der Waals surface area contributed by atoms with Gasteiger partial charge < -0.3 is 9.80 Å². The van der Waals surface area contributed by atoms with Crippen molar-refractivity contribution in [1.82, 2.24) is 9.80 Å². The van der Waals surface area contributed by atoms with Gasteiger partial charge in [0.15, 0.2) is 0 Å². The SMILES string of the molecule is CC(=O)N1C[C@H]2CN(C(=O)C=Cc3ccccc3)C[C@H]2[C@@H]1c1cccc(F)c1. The largest absolute Gasteiger partial charge is 0.338 e. The molecule has 0 saturated carbocycles. The van der Waals surface area contributed by atoms with E-state index in [4.69, 9.17) is 0 Å². The third-order valence-electron chi connectivity index (χ3n) is 5.79. The molecule has 2 amide bonds. The summed E-state index contributed by atoms with van der Waals surface area (Å²) < 4.78 is 13.8. The topological polar surface area (TPSA) is 40.6 Å². The summed E-state index contributed by atoms with van der Waals surface area (Å²) >= 11 is 0. The van der Waals surface area contributed by atoms with Crippen LogP contribution in [-0.4, -0.2) is 41.2 Å². The molecule has 2 aromatic carbocycles. The second-order valence-electron chi connectivity index (χ2n) is 7.58. The fourth-order valence-electron chi connectivity index (χ4n) is 4.50. The lowest BCUT2D eigenvalue weighted by molar-refractivity contribution is -0.130. The first-order valence-electron chi connectivity index (χ1n) is 9.57. The van der Waals surface area contributed by atoms with Crippen LogP contribution in [0.2, 0.25) is 0 Å². The van der Waals surface area contributed by atoms with Crippen molar-refractivity contribution in [3.05, 3.63) is 77.6 Å². The Labute approximate surface area is 164 Å². The Bertz CT molecular complexity index is 912. The first-order chi connectivity index (χ1) is 13.5. The van der Waals surface area contributed by atoms with Crippen LogP contribution < -0.4 is 0 Å². The quantitative estimate of drug-likeness (QED) is 0.767. The first kappa shape index (κ1) is 18.4. The molecule has 28 heavy (non-hydrogen) atoms. The van der Waals surface area contributed by atoms with Crippen molar-refractivity contribution in [1.29, 1.82) is 0 Å². The van der Waals surface area contributed by atoms with Gasteiger partial charge in [0.1, 0.15) is 5.82 Å². The number of rotatable bonds is 3. The van der Waals surface area contributed by atoms with Crippen LogP contribution in [0.1, 0.15) is 24.1 Å². The average molecular weight is 378 g/mol. The van der Waals surface area contributed by atoms with Gasteiger partial charge in [-0.05, 0) is 29.3 Å². The van der Waals surface area contributed by atoms with Gasteiger partial charge in [0, 0.05) is 44.5 Å². The average Bonchev–Trinajstić information content (AvgIpc) is 3.25. The van der Waals surface area contributed by atoms with Gasteiger partial charge >= 0.3 is 0 Å². The molecule has 0 aromatic heterocycles. The Morgan fingerprint density at radius 1 is 1.04 bits per heavy atom. The van der Waals surface area contributed by atoms with Gasteiger partial charge in [-0.3, -0.25) is 9.59 Å². The van der Waals surface area contributed by atoms with Crippen LogP contribution in [0.3, 0.4) is 0 Å². The maximum Gasteiger partial charge on any atom is 0.246 e. The number of hydrogen-bond acceptors (Lipinski definition) is 2. The van der Waals surface area contributed by atoms with E-state index in [0.29, 0.717) is 19.6 Å². The van der Waals surface area contributed by atoms with Crippen molar-refractivity contribution in [3.8, 4) is 0 Å². The smallest absolute Gasteiger partial charge is 0.246 e. The maximum atomic E-state index is 13.8. The number of nitrogens with zero attached hydrogens (tertiary/aromatic N) is 2. The Kier molecular flexibility index (Phi) is 4.99. The molecule has 4 rings (SSSR count). The molecule has 2 aliphatic rings. The van der Waals surface area contributed by atoms with Gasteiger partial charge in [0.25, 0.3) is 0 Å². The van der Waals surface area contributed by atoms with Gasteiger partial charge in [0.05, 0.1) is 6.04 Å². The zero-order valence-electron chi connectivity index (χ0n) is 15.8. The second-order valence-corrected chi connectivity index (χ2v) is 7.58. The normalized spacial score (nSPS) is 24.0. The van der Waals surface area contributed by atoms with Gasteiger partial charge in [-0.2, -0.15) is 0 Å². The number of carbonyl (C=O) groups is 2. The standard InChI is InChI=1S/C23H23FN2O2/c1-16(27)26-14-19-13-25(22(28)11-10-17-6-3-2-4-7-17)15-21(19)23(26)18-8-5-9-20(24)12-18/h2-12,19,21,23H,13-15H2,1H3/t19-,21-,23+/m1/s1. The first-order valence-corrected chi connectivity index (χ1v) is 9.57. The van der Waals surface area contributed by atoms with Crippen LogP contribution in [0, 0.1) is 17.7 Å². The van der Waals surface area contributed by atoms with E-state index in [1.807, 2.05) is 52.3 Å². The fourth-order valence-corrected chi connectivity index (χ4v) is 4.50. The third kappa shape index (κ3) is 3.57. The molecular weight excluding hydrogens is 355 g/mol. The number of fused-ring (bicyclic) bond motifs is 1. The summed E-state index contributed by atoms with van der Waals surface area (Å²) in [4.78, 5) is 28.5. The van der Waals surface area contributed by atoms with Crippen LogP contribution in [0.5, 0.6) is 0 Å². The number of hydrogen-bond donors (Lipinski definition) is 0. The van der Waals surface area contributed by atoms with Crippen molar-refractivity contribution in [2.24, 2.45) is 11.8 Å². The van der Waals surface area contributed by atoms with E-state index >= 15 is 0 Å². The molecule has 2 aliphatic heterocycles. The monoisotopic (exact) mass is 378 g/mol. The van der Waals surface area contributed by atoms with Crippen molar-refractivity contribution in [2.45, 2.75) is 13.0 Å². The molecule has 0 aliphatic carbocycles. The molecule has 5 heteroatoms. The lowest BCUT2D eigenvalue weighted by Crippen LogP contribution is -2.36. The minimum Gasteiger partial charge on any atom is -0.338 e. The van der Waals surface area contributed by atoms with Crippen molar-refractivity contribution in [2.75, 3.05) is 19.6 Å². The summed E-state index contributed by atoms with van der Waals surface area (Å²) in [5.41, 5.74) is 1.78. The Balaban J connectivity index is 1.52. The predicted octanol–water partition coefficient (Wildman–Crippen LogP) is 3.52. The van der Waals surface area contributed by atoms with E-state index < -0.39 is 0 Å². The van der Waals surface area contributed by atoms with Crippen molar-refractivity contribution < 1.29 is 14.0 Å². The third-order valence-corrected chi connectivity index (χ3v) is 5.79. The number of carbonyl (C=O) groups excluding carboxylic acids is 2. The molecule has 4 nitrogen and oxygen atoms in total. The molecule has 2 heterocycles. The van der Waals surface area contributed by atoms with E-state index in [9.17, 15) is 14.0 Å². The molecule has 0 bridgehead atoms. The molecule has 0 radical (unpaired) electrons. The molecule has 2 aromatic rings. The minimum atomic E-state index is -0.304. The van der Waals surface area contributed by atoms with E-state index in [-0.39, 0.29) is 35.5 Å². The zero-order chi connectivity index (χ0) is 19.7. The van der Waals surface area contributed by atoms with Gasteiger partial charge in [-0.1, -0.05) is 42.5 Å². The molecule has 0 unspecified atom stereocenters. The number of likely N-dealkylation sites (tertiary alicyclic amines) is 2. The minimum absolute atomic E-state index is 0.00879. The molecule has 2 fully saturated rings. The van der Waals surface area contributed by atoms with E-state index in [2.05, 4.69) is 0 Å². The number of benzene rings is 2. The molecule has 144 valence electrons. The van der Waals surface area contributed by atoms with Gasteiger partial charge in [-0.25, -0.2) is 4.39 Å². The van der Waals surface area contributed by atoms with E-state index in [0.717, 1.165) is 11.1 Å². The maximum absolute atomic E-state index is 13.8. The Hall–Kier alpha value is -2.95. The molecule has 0 N–H and O–H groups in total. The lowest BCUT2D eigenvalue weighted by atomic mass is 9.89. The highest BCUT2D eigenvalue weighted by Gasteiger charge is 2.49. The summed E-state index contributed by atoms with van der Waals surface area (Å²) in [6, 6.07) is 16.0. The van der Waals surface area contributed by atoms with Crippen molar-refractivity contribution in [3.63, 3.8) is 0 Å². The summed E-state index contributed by atoms with van der Waals surface area (Å²) in [5, 5.41) is 0. The Morgan fingerprint density at radius 3 is 2.54 bits per heavy atom. The van der Waals surface area contributed by atoms with Crippen molar-refractivity contribution >= 4 is 17.9 Å². The highest BCUT2D eigenvalue weighted by molar-refractivity contribution is 5.92. The molecule has 3 atom stereocenters. The van der Waals surface area contributed by atoms with Crippen LogP contribution in [0.15, 0.2) is 60.7 Å². The fraction of sp³-hybridized carbons (Fsp3) is 0.304. The second kappa shape index (κ2) is 7.58. The van der Waals surface area contributed by atoms with Crippen LogP contribution in [0.4, 0.5) is 4.39 Å². The summed E-state index contributed by atoms with van der Waals surface area (Å²) in [5.74, 6) is 0.00308. The van der Waals surface area contributed by atoms with Crippen LogP contribution in [0.25, 0.3) is 6.08 Å². The summed E-state index contributed by atoms with van der Waals surface area (Å²) in [6.45, 7) is 3.36. The van der Waals surface area contributed by atoms with Crippen LogP contribution in [-0.2, 0) is 9.59 Å². The number of amides is 2. The molecular formula is C23H23FN2O2. The highest BCUT2D eigenvalue weighted by Crippen LogP contribution is 2.45. The highest BCUT2D eigenvalue weighted by atomic mass is 19.1. The summed E-state index contributed by atoms with van der Waals surface area (Å²) in [7, 11) is 0. The van der Waals surface area contributed by atoms with Crippen LogP contribution >= 0.6 is 0 Å². The predicted molar refractivity (Wildman–Crippen MR) is 106 cm³/mol. The van der Waals surface area contributed by atoms with Gasteiger partial charge in [0.2, 0.25) is 11.8 Å². The van der Waals surface area contributed by atoms with E-state index in [1.54, 1.807) is 19.1 Å². The molecule has 0 spiro atoms. The Morgan fingerprint density at radius 2 is 1.82 bits per heavy atom. The molecule has 2 saturated heterocycles.